The summed E-state index contributed by atoms with van der Waals surface area (Å²) in [5, 5.41) is 13.2. The first-order valence-electron chi connectivity index (χ1n) is 5.71. The van der Waals surface area contributed by atoms with E-state index in [0.717, 1.165) is 10.6 Å². The third-order valence-electron chi connectivity index (χ3n) is 2.34. The molecule has 0 aromatic heterocycles. The second kappa shape index (κ2) is 7.90. The molecule has 5 heteroatoms. The number of aliphatic carboxylic acids is 1. The number of carboxylic acid groups (broad SMARTS) is 1. The molecule has 0 spiro atoms. The molecule has 0 aliphatic heterocycles. The van der Waals surface area contributed by atoms with Crippen LogP contribution in [0, 0.1) is 0 Å². The summed E-state index contributed by atoms with van der Waals surface area (Å²) in [5.41, 5.74) is 1.28. The molecule has 0 saturated heterocycles. The Morgan fingerprint density at radius 3 is 2.56 bits per heavy atom. The van der Waals surface area contributed by atoms with Crippen LogP contribution in [0.3, 0.4) is 0 Å². The molecule has 1 atom stereocenters. The van der Waals surface area contributed by atoms with Gasteiger partial charge in [0.2, 0.25) is 0 Å². The van der Waals surface area contributed by atoms with Crippen LogP contribution in [0.2, 0.25) is 5.32 Å². The van der Waals surface area contributed by atoms with Crippen molar-refractivity contribution < 1.29 is 14.7 Å². The fraction of sp³-hybridized carbons (Fsp3) is 0.385. The van der Waals surface area contributed by atoms with Gasteiger partial charge < -0.3 is 0 Å². The van der Waals surface area contributed by atoms with Crippen LogP contribution in [-0.2, 0) is 14.9 Å². The average molecular weight is 314 g/mol. The van der Waals surface area contributed by atoms with Crippen molar-refractivity contribution in [2.24, 2.45) is 0 Å². The fourth-order valence-electron chi connectivity index (χ4n) is 1.47. The van der Waals surface area contributed by atoms with Gasteiger partial charge in [-0.25, -0.2) is 0 Å². The van der Waals surface area contributed by atoms with Gasteiger partial charge in [-0.05, 0) is 0 Å². The Kier molecular flexibility index (Phi) is 6.47. The van der Waals surface area contributed by atoms with Gasteiger partial charge in [0.1, 0.15) is 0 Å². The Hall–Kier alpha value is -1.32. The van der Waals surface area contributed by atoms with Gasteiger partial charge in [-0.3, -0.25) is 0 Å². The monoisotopic (exact) mass is 315 g/mol. The maximum absolute atomic E-state index is 10.9. The number of hydrogen-bond donors (Lipinski definition) is 2. The summed E-state index contributed by atoms with van der Waals surface area (Å²) in [6.45, 7) is 1.34. The van der Waals surface area contributed by atoms with Gasteiger partial charge in [0.05, 0.1) is 0 Å². The molecular weight excluding hydrogens is 297 g/mol. The van der Waals surface area contributed by atoms with Crippen LogP contribution in [-0.4, -0.2) is 38.0 Å². The number of hydrogen-bond acceptors (Lipinski definition) is 2. The molecule has 0 unspecified atom stereocenters. The number of rotatable bonds is 7. The summed E-state index contributed by atoms with van der Waals surface area (Å²) < 4.78 is 0. The maximum atomic E-state index is 10.9. The molecule has 1 aromatic carbocycles. The van der Waals surface area contributed by atoms with E-state index in [9.17, 15) is 9.59 Å². The Morgan fingerprint density at radius 2 is 2.00 bits per heavy atom. The first-order chi connectivity index (χ1) is 8.59. The predicted octanol–water partition coefficient (Wildman–Crippen LogP) is 1.29. The average Bonchev–Trinajstić information content (AvgIpc) is 2.33. The van der Waals surface area contributed by atoms with Crippen LogP contribution in [0.1, 0.15) is 18.9 Å². The summed E-state index contributed by atoms with van der Waals surface area (Å²) in [5.74, 6) is -1.25. The summed E-state index contributed by atoms with van der Waals surface area (Å²) in [6.07, 6.45) is 0.502. The van der Waals surface area contributed by atoms with Gasteiger partial charge in [0.15, 0.2) is 0 Å². The molecule has 4 nitrogen and oxygen atoms in total. The van der Waals surface area contributed by atoms with E-state index in [1.165, 1.54) is 12.5 Å². The molecule has 18 heavy (non-hydrogen) atoms. The molecule has 0 bridgehead atoms. The normalized spacial score (nSPS) is 11.8. The molecule has 98 valence electrons. The number of benzene rings is 1. The third kappa shape index (κ3) is 5.84. The zero-order valence-electron chi connectivity index (χ0n) is 10.3. The fourth-order valence-corrected chi connectivity index (χ4v) is 3.51. The number of carbonyl (C=O) groups excluding carboxylic acids is 1. The van der Waals surface area contributed by atoms with Gasteiger partial charge in [-0.15, -0.1) is 0 Å². The van der Waals surface area contributed by atoms with Crippen molar-refractivity contribution in [2.75, 3.05) is 0 Å². The van der Waals surface area contributed by atoms with E-state index in [2.05, 4.69) is 17.4 Å². The Balaban J connectivity index is 2.27. The zero-order valence-corrected chi connectivity index (χ0v) is 12.0. The van der Waals surface area contributed by atoms with Crippen molar-refractivity contribution in [3.63, 3.8) is 0 Å². The van der Waals surface area contributed by atoms with Crippen molar-refractivity contribution in [1.82, 2.24) is 5.32 Å². The molecule has 0 fully saturated rings. The first-order valence-corrected chi connectivity index (χ1v) is 8.13. The number of amides is 1. The molecular formula is C13H17NO3Se. The van der Waals surface area contributed by atoms with Crippen molar-refractivity contribution in [1.29, 1.82) is 0 Å². The van der Waals surface area contributed by atoms with Crippen LogP contribution in [0.25, 0.3) is 0 Å². The van der Waals surface area contributed by atoms with Crippen molar-refractivity contribution in [3.05, 3.63) is 35.9 Å². The van der Waals surface area contributed by atoms with Crippen LogP contribution in [0.4, 0.5) is 0 Å². The summed E-state index contributed by atoms with van der Waals surface area (Å²) in [7, 11) is 0. The number of carbonyl (C=O) groups is 2. The van der Waals surface area contributed by atoms with E-state index in [4.69, 9.17) is 5.11 Å². The SMILES string of the molecule is CC(=O)N[C@@H](CC[Se]Cc1ccccc1)C(=O)O. The van der Waals surface area contributed by atoms with E-state index in [-0.39, 0.29) is 5.91 Å². The molecule has 1 aromatic rings. The minimum absolute atomic E-state index is 0.294. The van der Waals surface area contributed by atoms with Gasteiger partial charge in [0, 0.05) is 0 Å². The molecule has 0 heterocycles. The van der Waals surface area contributed by atoms with Crippen molar-refractivity contribution >= 4 is 26.8 Å². The van der Waals surface area contributed by atoms with Crippen molar-refractivity contribution in [3.8, 4) is 0 Å². The first kappa shape index (κ1) is 14.7. The molecule has 0 saturated carbocycles. The molecule has 0 aliphatic rings. The third-order valence-corrected chi connectivity index (χ3v) is 4.57. The number of nitrogens with one attached hydrogen (secondary N) is 1. The zero-order chi connectivity index (χ0) is 13.4. The van der Waals surface area contributed by atoms with E-state index < -0.39 is 12.0 Å². The van der Waals surface area contributed by atoms with Crippen LogP contribution < -0.4 is 5.32 Å². The second-order valence-corrected chi connectivity index (χ2v) is 6.24. The molecule has 1 rings (SSSR count). The summed E-state index contributed by atoms with van der Waals surface area (Å²) >= 11 is 0.369. The molecule has 0 radical (unpaired) electrons. The Morgan fingerprint density at radius 1 is 1.33 bits per heavy atom. The standard InChI is InChI=1S/C13H17NO3Se/c1-10(15)14-12(13(16)17)7-8-18-9-11-5-3-2-4-6-11/h2-6,12H,7-9H2,1H3,(H,14,15)(H,16,17)/t12-/m0/s1. The van der Waals surface area contributed by atoms with E-state index in [1.54, 1.807) is 0 Å². The van der Waals surface area contributed by atoms with E-state index in [1.807, 2.05) is 18.2 Å². The number of carboxylic acids is 1. The second-order valence-electron chi connectivity index (χ2n) is 3.92. The topological polar surface area (TPSA) is 66.4 Å². The van der Waals surface area contributed by atoms with E-state index in [0.29, 0.717) is 21.4 Å². The Labute approximate surface area is 113 Å². The van der Waals surface area contributed by atoms with Crippen LogP contribution in [0.5, 0.6) is 0 Å². The van der Waals surface area contributed by atoms with Crippen LogP contribution >= 0.6 is 0 Å². The van der Waals surface area contributed by atoms with Gasteiger partial charge >= 0.3 is 113 Å². The summed E-state index contributed by atoms with van der Waals surface area (Å²) in [4.78, 5) is 21.7. The molecule has 0 aliphatic carbocycles. The Bertz CT molecular complexity index is 394. The van der Waals surface area contributed by atoms with Gasteiger partial charge in [-0.2, -0.15) is 0 Å². The molecule has 1 amide bonds. The van der Waals surface area contributed by atoms with Crippen molar-refractivity contribution in [2.45, 2.75) is 30.0 Å². The van der Waals surface area contributed by atoms with E-state index >= 15 is 0 Å². The van der Waals surface area contributed by atoms with Gasteiger partial charge in [0.25, 0.3) is 0 Å². The molecule has 2 N–H and O–H groups in total. The minimum atomic E-state index is -0.958. The quantitative estimate of drug-likeness (QED) is 0.589. The van der Waals surface area contributed by atoms with Gasteiger partial charge in [-0.1, -0.05) is 0 Å². The summed E-state index contributed by atoms with van der Waals surface area (Å²) in [6, 6.07) is 9.38. The predicted molar refractivity (Wildman–Crippen MR) is 70.6 cm³/mol. The van der Waals surface area contributed by atoms with Crippen LogP contribution in [0.15, 0.2) is 30.3 Å².